The number of imide groups is 1. The first-order chi connectivity index (χ1) is 14.1. The molecule has 6 nitrogen and oxygen atoms in total. The summed E-state index contributed by atoms with van der Waals surface area (Å²) in [5.41, 5.74) is 1.66. The Balaban J connectivity index is 1.42. The molecule has 0 bridgehead atoms. The molecule has 0 saturated carbocycles. The third kappa shape index (κ3) is 2.76. The SMILES string of the molecule is CC(C(=O)N1CCCC1c1nc2ccccc2s1)N1C(=O)c2ccccc2C1=O. The first-order valence-electron chi connectivity index (χ1n) is 9.69. The van der Waals surface area contributed by atoms with Gasteiger partial charge in [0.05, 0.1) is 27.4 Å². The standard InChI is InChI=1S/C22H19N3O3S/c1-13(25-21(27)14-7-2-3-8-15(14)22(25)28)20(26)24-12-6-10-17(24)19-23-16-9-4-5-11-18(16)29-19/h2-5,7-9,11,13,17H,6,10,12H2,1H3. The summed E-state index contributed by atoms with van der Waals surface area (Å²) in [5, 5.41) is 0.909. The van der Waals surface area contributed by atoms with Gasteiger partial charge in [-0.05, 0) is 44.0 Å². The van der Waals surface area contributed by atoms with Gasteiger partial charge in [-0.25, -0.2) is 4.98 Å². The highest BCUT2D eigenvalue weighted by atomic mass is 32.1. The number of fused-ring (bicyclic) bond motifs is 2. The number of nitrogens with zero attached hydrogens (tertiary/aromatic N) is 3. The van der Waals surface area contributed by atoms with E-state index in [1.807, 2.05) is 24.3 Å². The summed E-state index contributed by atoms with van der Waals surface area (Å²) in [6.07, 6.45) is 1.71. The number of para-hydroxylation sites is 1. The molecule has 0 spiro atoms. The average Bonchev–Trinajstić information content (AvgIpc) is 3.44. The Hall–Kier alpha value is -3.06. The van der Waals surface area contributed by atoms with Crippen LogP contribution in [0.4, 0.5) is 0 Å². The number of rotatable bonds is 3. The number of hydrogen-bond acceptors (Lipinski definition) is 5. The van der Waals surface area contributed by atoms with E-state index in [0.29, 0.717) is 17.7 Å². The molecule has 5 rings (SSSR count). The van der Waals surface area contributed by atoms with E-state index in [2.05, 4.69) is 0 Å². The van der Waals surface area contributed by atoms with Gasteiger partial charge in [0.25, 0.3) is 11.8 Å². The topological polar surface area (TPSA) is 70.6 Å². The Labute approximate surface area is 171 Å². The van der Waals surface area contributed by atoms with E-state index in [1.165, 1.54) is 0 Å². The Morgan fingerprint density at radius 2 is 1.72 bits per heavy atom. The van der Waals surface area contributed by atoms with Crippen LogP contribution >= 0.6 is 11.3 Å². The summed E-state index contributed by atoms with van der Waals surface area (Å²) in [4.78, 5) is 46.5. The fraction of sp³-hybridized carbons (Fsp3) is 0.273. The van der Waals surface area contributed by atoms with Crippen molar-refractivity contribution in [2.45, 2.75) is 31.8 Å². The van der Waals surface area contributed by atoms with Crippen LogP contribution < -0.4 is 0 Å². The minimum absolute atomic E-state index is 0.113. The summed E-state index contributed by atoms with van der Waals surface area (Å²) in [6, 6.07) is 13.7. The fourth-order valence-electron chi connectivity index (χ4n) is 4.23. The molecule has 0 aliphatic carbocycles. The molecule has 0 N–H and O–H groups in total. The van der Waals surface area contributed by atoms with Gasteiger partial charge in [-0.15, -0.1) is 11.3 Å². The van der Waals surface area contributed by atoms with Crippen molar-refractivity contribution >= 4 is 39.3 Å². The fourth-order valence-corrected chi connectivity index (χ4v) is 5.35. The monoisotopic (exact) mass is 405 g/mol. The van der Waals surface area contributed by atoms with Crippen LogP contribution in [0.1, 0.15) is 51.5 Å². The van der Waals surface area contributed by atoms with Crippen LogP contribution in [-0.2, 0) is 4.79 Å². The molecule has 29 heavy (non-hydrogen) atoms. The van der Waals surface area contributed by atoms with Crippen LogP contribution in [0.2, 0.25) is 0 Å². The quantitative estimate of drug-likeness (QED) is 0.624. The maximum Gasteiger partial charge on any atom is 0.262 e. The number of likely N-dealkylation sites (tertiary alicyclic amines) is 1. The highest BCUT2D eigenvalue weighted by Crippen LogP contribution is 2.37. The van der Waals surface area contributed by atoms with Gasteiger partial charge in [-0.1, -0.05) is 24.3 Å². The normalized spacial score (nSPS) is 19.8. The van der Waals surface area contributed by atoms with Gasteiger partial charge in [-0.2, -0.15) is 0 Å². The van der Waals surface area contributed by atoms with Crippen molar-refractivity contribution < 1.29 is 14.4 Å². The van der Waals surface area contributed by atoms with Crippen LogP contribution in [0.5, 0.6) is 0 Å². The van der Waals surface area contributed by atoms with Crippen molar-refractivity contribution in [2.24, 2.45) is 0 Å². The first kappa shape index (κ1) is 18.0. The zero-order valence-corrected chi connectivity index (χ0v) is 16.7. The molecule has 1 fully saturated rings. The van der Waals surface area contributed by atoms with Crippen molar-refractivity contribution in [1.82, 2.24) is 14.8 Å². The molecule has 2 aromatic carbocycles. The predicted octanol–water partition coefficient (Wildman–Crippen LogP) is 3.64. The Kier molecular flexibility index (Phi) is 4.20. The predicted molar refractivity (Wildman–Crippen MR) is 110 cm³/mol. The zero-order valence-electron chi connectivity index (χ0n) is 15.9. The molecular weight excluding hydrogens is 386 g/mol. The second-order valence-electron chi connectivity index (χ2n) is 7.41. The molecule has 3 heterocycles. The van der Waals surface area contributed by atoms with Gasteiger partial charge in [-0.3, -0.25) is 19.3 Å². The smallest absolute Gasteiger partial charge is 0.262 e. The summed E-state index contributed by atoms with van der Waals surface area (Å²) in [5.74, 6) is -1.01. The molecule has 2 aliphatic heterocycles. The lowest BCUT2D eigenvalue weighted by Crippen LogP contribution is -2.49. The maximum absolute atomic E-state index is 13.3. The van der Waals surface area contributed by atoms with Crippen molar-refractivity contribution in [3.63, 3.8) is 0 Å². The number of carbonyl (C=O) groups is 3. The molecule has 7 heteroatoms. The highest BCUT2D eigenvalue weighted by molar-refractivity contribution is 7.18. The van der Waals surface area contributed by atoms with Crippen LogP contribution in [0.3, 0.4) is 0 Å². The van der Waals surface area contributed by atoms with Gasteiger partial charge >= 0.3 is 0 Å². The third-order valence-corrected chi connectivity index (χ3v) is 6.84. The molecule has 2 aliphatic rings. The molecule has 0 radical (unpaired) electrons. The lowest BCUT2D eigenvalue weighted by Gasteiger charge is -2.29. The largest absolute Gasteiger partial charge is 0.331 e. The molecule has 3 amide bonds. The van der Waals surface area contributed by atoms with Crippen molar-refractivity contribution in [2.75, 3.05) is 6.54 Å². The van der Waals surface area contributed by atoms with Crippen molar-refractivity contribution in [1.29, 1.82) is 0 Å². The summed E-state index contributed by atoms with van der Waals surface area (Å²) >= 11 is 1.60. The number of thiazole rings is 1. The number of hydrogen-bond donors (Lipinski definition) is 0. The van der Waals surface area contributed by atoms with Gasteiger partial charge in [0.2, 0.25) is 5.91 Å². The molecule has 2 atom stereocenters. The molecule has 1 saturated heterocycles. The maximum atomic E-state index is 13.3. The second-order valence-corrected chi connectivity index (χ2v) is 8.47. The number of aromatic nitrogens is 1. The van der Waals surface area contributed by atoms with E-state index in [4.69, 9.17) is 4.98 Å². The van der Waals surface area contributed by atoms with Gasteiger partial charge in [0.15, 0.2) is 0 Å². The number of benzene rings is 2. The molecule has 2 unspecified atom stereocenters. The summed E-state index contributed by atoms with van der Waals surface area (Å²) < 4.78 is 1.09. The minimum atomic E-state index is -0.850. The minimum Gasteiger partial charge on any atom is -0.331 e. The number of amides is 3. The van der Waals surface area contributed by atoms with Gasteiger partial charge in [0.1, 0.15) is 11.0 Å². The lowest BCUT2D eigenvalue weighted by atomic mass is 10.1. The van der Waals surface area contributed by atoms with Gasteiger partial charge in [0, 0.05) is 6.54 Å². The Morgan fingerprint density at radius 1 is 1.07 bits per heavy atom. The Morgan fingerprint density at radius 3 is 2.41 bits per heavy atom. The van der Waals surface area contributed by atoms with E-state index in [-0.39, 0.29) is 11.9 Å². The zero-order chi connectivity index (χ0) is 20.1. The highest BCUT2D eigenvalue weighted by Gasteiger charge is 2.44. The summed E-state index contributed by atoms with van der Waals surface area (Å²) in [6.45, 7) is 2.24. The average molecular weight is 405 g/mol. The Bertz CT molecular complexity index is 1090. The van der Waals surface area contributed by atoms with E-state index in [9.17, 15) is 14.4 Å². The van der Waals surface area contributed by atoms with Crippen molar-refractivity contribution in [3.05, 3.63) is 64.7 Å². The van der Waals surface area contributed by atoms with E-state index < -0.39 is 17.9 Å². The summed E-state index contributed by atoms with van der Waals surface area (Å²) in [7, 11) is 0. The van der Waals surface area contributed by atoms with E-state index in [1.54, 1.807) is 47.4 Å². The van der Waals surface area contributed by atoms with Crippen molar-refractivity contribution in [3.8, 4) is 0 Å². The lowest BCUT2D eigenvalue weighted by molar-refractivity contribution is -0.135. The second kappa shape index (κ2) is 6.77. The molecular formula is C22H19N3O3S. The van der Waals surface area contributed by atoms with Crippen LogP contribution in [0, 0.1) is 0 Å². The van der Waals surface area contributed by atoms with Crippen LogP contribution in [0.15, 0.2) is 48.5 Å². The molecule has 3 aromatic rings. The number of carbonyl (C=O) groups excluding carboxylic acids is 3. The van der Waals surface area contributed by atoms with E-state index >= 15 is 0 Å². The van der Waals surface area contributed by atoms with E-state index in [0.717, 1.165) is 33.0 Å². The van der Waals surface area contributed by atoms with Crippen LogP contribution in [0.25, 0.3) is 10.2 Å². The molecule has 146 valence electrons. The molecule has 1 aromatic heterocycles. The van der Waals surface area contributed by atoms with Crippen LogP contribution in [-0.4, -0.2) is 45.1 Å². The van der Waals surface area contributed by atoms with Gasteiger partial charge < -0.3 is 4.90 Å². The third-order valence-electron chi connectivity index (χ3n) is 5.70. The first-order valence-corrected chi connectivity index (χ1v) is 10.5.